The van der Waals surface area contributed by atoms with Crippen molar-refractivity contribution in [3.05, 3.63) is 27.3 Å². The van der Waals surface area contributed by atoms with Gasteiger partial charge in [0.2, 0.25) is 0 Å². The van der Waals surface area contributed by atoms with Crippen LogP contribution in [0.3, 0.4) is 0 Å². The third-order valence-electron chi connectivity index (χ3n) is 1.60. The smallest absolute Gasteiger partial charge is 0.257 e. The number of hydrogen-bond acceptors (Lipinski definition) is 2. The van der Waals surface area contributed by atoms with Crippen LogP contribution in [0.25, 0.3) is 0 Å². The molecule has 0 bridgehead atoms. The SMILES string of the molecule is CN(C)C(=O)c1ccc(I)cc1O. The van der Waals surface area contributed by atoms with E-state index in [0.29, 0.717) is 5.56 Å². The molecule has 0 saturated heterocycles. The molecular weight excluding hydrogens is 281 g/mol. The lowest BCUT2D eigenvalue weighted by molar-refractivity contribution is 0.0824. The summed E-state index contributed by atoms with van der Waals surface area (Å²) in [5.74, 6) is -0.153. The van der Waals surface area contributed by atoms with Gasteiger partial charge in [-0.25, -0.2) is 0 Å². The van der Waals surface area contributed by atoms with Crippen LogP contribution in [0.2, 0.25) is 0 Å². The number of benzene rings is 1. The highest BCUT2D eigenvalue weighted by Gasteiger charge is 2.12. The lowest BCUT2D eigenvalue weighted by atomic mass is 10.2. The summed E-state index contributed by atoms with van der Waals surface area (Å²) in [5, 5.41) is 9.46. The van der Waals surface area contributed by atoms with Gasteiger partial charge in [-0.15, -0.1) is 0 Å². The van der Waals surface area contributed by atoms with Crippen molar-refractivity contribution < 1.29 is 9.90 Å². The molecule has 0 aliphatic carbocycles. The van der Waals surface area contributed by atoms with Crippen LogP contribution in [0, 0.1) is 3.57 Å². The van der Waals surface area contributed by atoms with E-state index in [0.717, 1.165) is 3.57 Å². The Hall–Kier alpha value is -0.780. The fourth-order valence-electron chi connectivity index (χ4n) is 0.927. The van der Waals surface area contributed by atoms with Gasteiger partial charge >= 0.3 is 0 Å². The maximum absolute atomic E-state index is 11.4. The summed E-state index contributed by atoms with van der Waals surface area (Å²) in [5.41, 5.74) is 0.338. The highest BCUT2D eigenvalue weighted by molar-refractivity contribution is 14.1. The third kappa shape index (κ3) is 2.33. The van der Waals surface area contributed by atoms with Crippen molar-refractivity contribution in [2.45, 2.75) is 0 Å². The first kappa shape index (κ1) is 10.3. The van der Waals surface area contributed by atoms with E-state index in [1.165, 1.54) is 4.90 Å². The zero-order valence-corrected chi connectivity index (χ0v) is 9.57. The second kappa shape index (κ2) is 3.95. The number of carbonyl (C=O) groups excluding carboxylic acids is 1. The number of nitrogens with zero attached hydrogens (tertiary/aromatic N) is 1. The zero-order valence-electron chi connectivity index (χ0n) is 7.41. The Balaban J connectivity index is 3.09. The first-order chi connectivity index (χ1) is 6.02. The van der Waals surface area contributed by atoms with Gasteiger partial charge in [-0.2, -0.15) is 0 Å². The Labute approximate surface area is 90.5 Å². The highest BCUT2D eigenvalue weighted by atomic mass is 127. The monoisotopic (exact) mass is 291 g/mol. The van der Waals surface area contributed by atoms with E-state index in [1.807, 2.05) is 0 Å². The maximum atomic E-state index is 11.4. The number of hydrogen-bond donors (Lipinski definition) is 1. The van der Waals surface area contributed by atoms with E-state index in [4.69, 9.17) is 0 Å². The normalized spacial score (nSPS) is 9.77. The van der Waals surface area contributed by atoms with Gasteiger partial charge in [-0.05, 0) is 40.8 Å². The van der Waals surface area contributed by atoms with Gasteiger partial charge in [-0.3, -0.25) is 4.79 Å². The Morgan fingerprint density at radius 2 is 2.08 bits per heavy atom. The van der Waals surface area contributed by atoms with Crippen LogP contribution < -0.4 is 0 Å². The van der Waals surface area contributed by atoms with Gasteiger partial charge in [0.1, 0.15) is 5.75 Å². The number of aromatic hydroxyl groups is 1. The van der Waals surface area contributed by atoms with Crippen LogP contribution in [-0.2, 0) is 0 Å². The van der Waals surface area contributed by atoms with Crippen LogP contribution in [0.5, 0.6) is 5.75 Å². The summed E-state index contributed by atoms with van der Waals surface area (Å²) in [6.07, 6.45) is 0. The minimum atomic E-state index is -0.186. The van der Waals surface area contributed by atoms with Gasteiger partial charge < -0.3 is 10.0 Å². The van der Waals surface area contributed by atoms with E-state index in [9.17, 15) is 9.90 Å². The van der Waals surface area contributed by atoms with E-state index >= 15 is 0 Å². The largest absolute Gasteiger partial charge is 0.507 e. The number of phenolic OH excluding ortho intramolecular Hbond substituents is 1. The van der Waals surface area contributed by atoms with E-state index in [2.05, 4.69) is 22.6 Å². The van der Waals surface area contributed by atoms with Crippen molar-refractivity contribution in [1.82, 2.24) is 4.90 Å². The number of halogens is 1. The topological polar surface area (TPSA) is 40.5 Å². The minimum Gasteiger partial charge on any atom is -0.507 e. The third-order valence-corrected chi connectivity index (χ3v) is 2.27. The lowest BCUT2D eigenvalue weighted by Gasteiger charge is -2.11. The molecule has 0 saturated carbocycles. The number of carbonyl (C=O) groups is 1. The molecule has 70 valence electrons. The van der Waals surface area contributed by atoms with Crippen LogP contribution in [-0.4, -0.2) is 30.0 Å². The van der Waals surface area contributed by atoms with Crippen LogP contribution in [0.1, 0.15) is 10.4 Å². The molecule has 1 rings (SSSR count). The summed E-state index contributed by atoms with van der Waals surface area (Å²) < 4.78 is 0.908. The zero-order chi connectivity index (χ0) is 10.0. The molecule has 1 amide bonds. The molecule has 0 aromatic heterocycles. The average Bonchev–Trinajstić information content (AvgIpc) is 2.03. The highest BCUT2D eigenvalue weighted by Crippen LogP contribution is 2.20. The maximum Gasteiger partial charge on any atom is 0.257 e. The summed E-state index contributed by atoms with van der Waals surface area (Å²) in [6.45, 7) is 0. The van der Waals surface area contributed by atoms with Crippen molar-refractivity contribution in [1.29, 1.82) is 0 Å². The molecule has 4 heteroatoms. The second-order valence-electron chi connectivity index (χ2n) is 2.86. The molecule has 0 aliphatic heterocycles. The van der Waals surface area contributed by atoms with Gasteiger partial charge in [-0.1, -0.05) is 0 Å². The predicted molar refractivity (Wildman–Crippen MR) is 58.8 cm³/mol. The molecule has 0 atom stereocenters. The first-order valence-electron chi connectivity index (χ1n) is 3.72. The van der Waals surface area contributed by atoms with Gasteiger partial charge in [0.05, 0.1) is 5.56 Å². The van der Waals surface area contributed by atoms with Crippen molar-refractivity contribution in [2.75, 3.05) is 14.1 Å². The van der Waals surface area contributed by atoms with E-state index in [1.54, 1.807) is 32.3 Å². The molecule has 0 fully saturated rings. The summed E-state index contributed by atoms with van der Waals surface area (Å²) in [7, 11) is 3.31. The number of amides is 1. The Morgan fingerprint density at radius 3 is 2.54 bits per heavy atom. The molecule has 1 aromatic carbocycles. The Bertz CT molecular complexity index is 336. The van der Waals surface area contributed by atoms with Gasteiger partial charge in [0, 0.05) is 17.7 Å². The summed E-state index contributed by atoms with van der Waals surface area (Å²) >= 11 is 2.08. The molecule has 1 N–H and O–H groups in total. The van der Waals surface area contributed by atoms with Crippen molar-refractivity contribution in [3.63, 3.8) is 0 Å². The first-order valence-corrected chi connectivity index (χ1v) is 4.80. The van der Waals surface area contributed by atoms with E-state index < -0.39 is 0 Å². The minimum absolute atomic E-state index is 0.0330. The fraction of sp³-hybridized carbons (Fsp3) is 0.222. The summed E-state index contributed by atoms with van der Waals surface area (Å²) in [4.78, 5) is 12.9. The average molecular weight is 291 g/mol. The number of rotatable bonds is 1. The standard InChI is InChI=1S/C9H10INO2/c1-11(2)9(13)7-4-3-6(10)5-8(7)12/h3-5,12H,1-2H3. The molecule has 0 heterocycles. The molecule has 0 aliphatic rings. The molecule has 1 aromatic rings. The molecule has 3 nitrogen and oxygen atoms in total. The lowest BCUT2D eigenvalue weighted by Crippen LogP contribution is -2.21. The van der Waals surface area contributed by atoms with E-state index in [-0.39, 0.29) is 11.7 Å². The number of phenols is 1. The second-order valence-corrected chi connectivity index (χ2v) is 4.11. The molecule has 0 spiro atoms. The molecule has 0 radical (unpaired) electrons. The molecule has 13 heavy (non-hydrogen) atoms. The summed E-state index contributed by atoms with van der Waals surface area (Å²) in [6, 6.07) is 4.98. The Kier molecular flexibility index (Phi) is 3.13. The quantitative estimate of drug-likeness (QED) is 0.800. The van der Waals surface area contributed by atoms with Crippen molar-refractivity contribution in [2.24, 2.45) is 0 Å². The van der Waals surface area contributed by atoms with Crippen molar-refractivity contribution >= 4 is 28.5 Å². The van der Waals surface area contributed by atoms with Crippen LogP contribution in [0.15, 0.2) is 18.2 Å². The van der Waals surface area contributed by atoms with Crippen LogP contribution in [0.4, 0.5) is 0 Å². The van der Waals surface area contributed by atoms with Crippen LogP contribution >= 0.6 is 22.6 Å². The molecule has 0 unspecified atom stereocenters. The molecular formula is C9H10INO2. The van der Waals surface area contributed by atoms with Gasteiger partial charge in [0.25, 0.3) is 5.91 Å². The van der Waals surface area contributed by atoms with Gasteiger partial charge in [0.15, 0.2) is 0 Å². The predicted octanol–water partition coefficient (Wildman–Crippen LogP) is 1.70. The fourth-order valence-corrected chi connectivity index (χ4v) is 1.40. The Morgan fingerprint density at radius 1 is 1.46 bits per heavy atom. The van der Waals surface area contributed by atoms with Crippen molar-refractivity contribution in [3.8, 4) is 5.75 Å².